The van der Waals surface area contributed by atoms with Crippen LogP contribution in [0.5, 0.6) is 5.75 Å². The largest absolute Gasteiger partial charge is 0.495 e. The summed E-state index contributed by atoms with van der Waals surface area (Å²) in [6.07, 6.45) is 3.89. The van der Waals surface area contributed by atoms with Crippen molar-refractivity contribution in [1.82, 2.24) is 5.32 Å². The Morgan fingerprint density at radius 3 is 2.77 bits per heavy atom. The van der Waals surface area contributed by atoms with Gasteiger partial charge in [0.25, 0.3) is 0 Å². The Morgan fingerprint density at radius 2 is 2.12 bits per heavy atom. The third kappa shape index (κ3) is 5.11. The SMILES string of the molecule is COc1cc(Cl)c(C)cc1NC(=O)CCNC(=O)C1CCCCC1(C)N. The highest BCUT2D eigenvalue weighted by molar-refractivity contribution is 6.31. The molecular weight excluding hydrogens is 354 g/mol. The van der Waals surface area contributed by atoms with Gasteiger partial charge in [0, 0.05) is 29.6 Å². The number of nitrogens with two attached hydrogens (primary N) is 1. The number of hydrogen-bond acceptors (Lipinski definition) is 4. The number of nitrogens with one attached hydrogen (secondary N) is 2. The predicted molar refractivity (Wildman–Crippen MR) is 104 cm³/mol. The molecule has 6 nitrogen and oxygen atoms in total. The molecule has 0 heterocycles. The average Bonchev–Trinajstić information content (AvgIpc) is 2.57. The molecular formula is C19H28ClN3O3. The van der Waals surface area contributed by atoms with E-state index in [2.05, 4.69) is 10.6 Å². The fourth-order valence-corrected chi connectivity index (χ4v) is 3.51. The molecule has 7 heteroatoms. The summed E-state index contributed by atoms with van der Waals surface area (Å²) in [5.74, 6) is 0.0318. The van der Waals surface area contributed by atoms with E-state index in [0.717, 1.165) is 31.2 Å². The number of ether oxygens (including phenoxy) is 1. The van der Waals surface area contributed by atoms with Gasteiger partial charge in [-0.15, -0.1) is 0 Å². The molecule has 1 aliphatic carbocycles. The Kier molecular flexibility index (Phi) is 6.89. The molecule has 1 aromatic carbocycles. The Morgan fingerprint density at radius 1 is 1.38 bits per heavy atom. The van der Waals surface area contributed by atoms with E-state index in [-0.39, 0.29) is 30.7 Å². The van der Waals surface area contributed by atoms with E-state index in [0.29, 0.717) is 16.5 Å². The third-order valence-electron chi connectivity index (χ3n) is 4.98. The van der Waals surface area contributed by atoms with E-state index in [1.807, 2.05) is 13.8 Å². The number of halogens is 1. The normalized spacial score (nSPS) is 22.6. The molecule has 0 aliphatic heterocycles. The fourth-order valence-electron chi connectivity index (χ4n) is 3.35. The highest BCUT2D eigenvalue weighted by Gasteiger charge is 2.37. The van der Waals surface area contributed by atoms with Gasteiger partial charge in [-0.25, -0.2) is 0 Å². The van der Waals surface area contributed by atoms with Crippen molar-refractivity contribution in [3.8, 4) is 5.75 Å². The van der Waals surface area contributed by atoms with Crippen LogP contribution in [0.1, 0.15) is 44.6 Å². The first-order valence-electron chi connectivity index (χ1n) is 8.95. The van der Waals surface area contributed by atoms with Crippen molar-refractivity contribution in [3.63, 3.8) is 0 Å². The van der Waals surface area contributed by atoms with Gasteiger partial charge in [-0.2, -0.15) is 0 Å². The van der Waals surface area contributed by atoms with Crippen LogP contribution in [-0.2, 0) is 9.59 Å². The van der Waals surface area contributed by atoms with E-state index in [1.54, 1.807) is 12.1 Å². The first-order valence-corrected chi connectivity index (χ1v) is 9.33. The minimum Gasteiger partial charge on any atom is -0.495 e. The second-order valence-corrected chi connectivity index (χ2v) is 7.60. The molecule has 2 amide bonds. The lowest BCUT2D eigenvalue weighted by molar-refractivity contribution is -0.128. The van der Waals surface area contributed by atoms with Crippen molar-refractivity contribution in [1.29, 1.82) is 0 Å². The van der Waals surface area contributed by atoms with Gasteiger partial charge in [0.2, 0.25) is 11.8 Å². The molecule has 1 aliphatic rings. The summed E-state index contributed by atoms with van der Waals surface area (Å²) in [6.45, 7) is 4.05. The van der Waals surface area contributed by atoms with E-state index in [9.17, 15) is 9.59 Å². The maximum Gasteiger partial charge on any atom is 0.226 e. The number of anilines is 1. The van der Waals surface area contributed by atoms with Crippen LogP contribution >= 0.6 is 11.6 Å². The lowest BCUT2D eigenvalue weighted by atomic mass is 9.74. The first-order chi connectivity index (χ1) is 12.2. The van der Waals surface area contributed by atoms with Crippen molar-refractivity contribution in [2.24, 2.45) is 11.7 Å². The van der Waals surface area contributed by atoms with Gasteiger partial charge >= 0.3 is 0 Å². The van der Waals surface area contributed by atoms with Gasteiger partial charge < -0.3 is 21.1 Å². The number of amides is 2. The zero-order valence-corrected chi connectivity index (χ0v) is 16.4. The molecule has 1 saturated carbocycles. The number of carbonyl (C=O) groups excluding carboxylic acids is 2. The highest BCUT2D eigenvalue weighted by Crippen LogP contribution is 2.32. The van der Waals surface area contributed by atoms with Crippen molar-refractivity contribution < 1.29 is 14.3 Å². The maximum atomic E-state index is 12.4. The zero-order valence-electron chi connectivity index (χ0n) is 15.7. The van der Waals surface area contributed by atoms with E-state index < -0.39 is 5.54 Å². The summed E-state index contributed by atoms with van der Waals surface area (Å²) in [5.41, 5.74) is 7.18. The molecule has 0 aromatic heterocycles. The third-order valence-corrected chi connectivity index (χ3v) is 5.38. The minimum atomic E-state index is -0.473. The molecule has 0 bridgehead atoms. The number of aryl methyl sites for hydroxylation is 1. The van der Waals surface area contributed by atoms with Gasteiger partial charge in [0.05, 0.1) is 18.7 Å². The molecule has 1 fully saturated rings. The Balaban J connectivity index is 1.86. The molecule has 1 aromatic rings. The molecule has 26 heavy (non-hydrogen) atoms. The topological polar surface area (TPSA) is 93.5 Å². The van der Waals surface area contributed by atoms with Crippen LogP contribution in [0.4, 0.5) is 5.69 Å². The number of methoxy groups -OCH3 is 1. The minimum absolute atomic E-state index is 0.0672. The zero-order chi connectivity index (χ0) is 19.3. The molecule has 144 valence electrons. The second-order valence-electron chi connectivity index (χ2n) is 7.20. The number of benzene rings is 1. The standard InChI is InChI=1S/C19H28ClN3O3/c1-12-10-15(16(26-3)11-14(12)20)23-17(24)7-9-22-18(25)13-6-4-5-8-19(13,2)21/h10-11,13H,4-9,21H2,1-3H3,(H,22,25)(H,23,24). The number of hydrogen-bond donors (Lipinski definition) is 3. The summed E-state index contributed by atoms with van der Waals surface area (Å²) in [4.78, 5) is 24.6. The number of rotatable bonds is 6. The summed E-state index contributed by atoms with van der Waals surface area (Å²) in [5, 5.41) is 6.22. The monoisotopic (exact) mass is 381 g/mol. The van der Waals surface area contributed by atoms with Crippen LogP contribution in [-0.4, -0.2) is 31.0 Å². The number of carbonyl (C=O) groups is 2. The predicted octanol–water partition coefficient (Wildman–Crippen LogP) is 3.01. The Labute approximate surface area is 159 Å². The van der Waals surface area contributed by atoms with Crippen LogP contribution in [0.15, 0.2) is 12.1 Å². The van der Waals surface area contributed by atoms with E-state index >= 15 is 0 Å². The molecule has 2 atom stereocenters. The van der Waals surface area contributed by atoms with Gasteiger partial charge in [0.1, 0.15) is 5.75 Å². The maximum absolute atomic E-state index is 12.4. The lowest BCUT2D eigenvalue weighted by Crippen LogP contribution is -2.53. The molecule has 0 spiro atoms. The molecule has 2 unspecified atom stereocenters. The Hall–Kier alpha value is -1.79. The summed E-state index contributed by atoms with van der Waals surface area (Å²) in [6, 6.07) is 3.43. The van der Waals surface area contributed by atoms with Gasteiger partial charge in [-0.3, -0.25) is 9.59 Å². The van der Waals surface area contributed by atoms with Crippen LogP contribution in [0, 0.1) is 12.8 Å². The lowest BCUT2D eigenvalue weighted by Gasteiger charge is -2.37. The van der Waals surface area contributed by atoms with Gasteiger partial charge in [0.15, 0.2) is 0 Å². The first kappa shape index (κ1) is 20.5. The molecule has 0 radical (unpaired) electrons. The van der Waals surface area contributed by atoms with Crippen molar-refractivity contribution >= 4 is 29.1 Å². The van der Waals surface area contributed by atoms with Gasteiger partial charge in [-0.05, 0) is 38.3 Å². The van der Waals surface area contributed by atoms with Crippen LogP contribution in [0.25, 0.3) is 0 Å². The smallest absolute Gasteiger partial charge is 0.226 e. The molecule has 2 rings (SSSR count). The average molecular weight is 382 g/mol. The summed E-state index contributed by atoms with van der Waals surface area (Å²) >= 11 is 6.07. The highest BCUT2D eigenvalue weighted by atomic mass is 35.5. The second kappa shape index (κ2) is 8.73. The van der Waals surface area contributed by atoms with Crippen molar-refractivity contribution in [2.75, 3.05) is 19.0 Å². The summed E-state index contributed by atoms with van der Waals surface area (Å²) < 4.78 is 5.24. The van der Waals surface area contributed by atoms with Crippen molar-refractivity contribution in [3.05, 3.63) is 22.7 Å². The van der Waals surface area contributed by atoms with E-state index in [1.165, 1.54) is 7.11 Å². The Bertz CT molecular complexity index is 676. The summed E-state index contributed by atoms with van der Waals surface area (Å²) in [7, 11) is 1.52. The quantitative estimate of drug-likeness (QED) is 0.706. The fraction of sp³-hybridized carbons (Fsp3) is 0.579. The molecule has 4 N–H and O–H groups in total. The molecule has 0 saturated heterocycles. The van der Waals surface area contributed by atoms with E-state index in [4.69, 9.17) is 22.1 Å². The van der Waals surface area contributed by atoms with Gasteiger partial charge in [-0.1, -0.05) is 24.4 Å². The van der Waals surface area contributed by atoms with Crippen LogP contribution in [0.2, 0.25) is 5.02 Å². The van der Waals surface area contributed by atoms with Crippen LogP contribution < -0.4 is 21.1 Å². The van der Waals surface area contributed by atoms with Crippen LogP contribution in [0.3, 0.4) is 0 Å². The van der Waals surface area contributed by atoms with Crippen molar-refractivity contribution in [2.45, 2.75) is 51.5 Å².